The van der Waals surface area contributed by atoms with Crippen molar-refractivity contribution in [3.63, 3.8) is 0 Å². The van der Waals surface area contributed by atoms with E-state index in [1.807, 2.05) is 13.0 Å². The van der Waals surface area contributed by atoms with Gasteiger partial charge in [-0.1, -0.05) is 55.0 Å². The van der Waals surface area contributed by atoms with Crippen LogP contribution in [0.2, 0.25) is 0 Å². The Hall–Kier alpha value is -2.52. The van der Waals surface area contributed by atoms with Gasteiger partial charge in [-0.2, -0.15) is 0 Å². The van der Waals surface area contributed by atoms with Gasteiger partial charge in [0.05, 0.1) is 10.7 Å². The number of carbonyl (C=O) groups is 1. The van der Waals surface area contributed by atoms with E-state index in [0.717, 1.165) is 28.2 Å². The summed E-state index contributed by atoms with van der Waals surface area (Å²) in [6.45, 7) is 8.20. The van der Waals surface area contributed by atoms with Gasteiger partial charge >= 0.3 is 0 Å². The van der Waals surface area contributed by atoms with E-state index in [4.69, 9.17) is 4.98 Å². The van der Waals surface area contributed by atoms with Gasteiger partial charge in [0.25, 0.3) is 0 Å². The molecule has 0 fully saturated rings. The van der Waals surface area contributed by atoms with Crippen LogP contribution >= 0.6 is 11.3 Å². The molecule has 3 heteroatoms. The number of hydrogen-bond acceptors (Lipinski definition) is 3. The summed E-state index contributed by atoms with van der Waals surface area (Å²) in [5.74, 6) is 0.155. The van der Waals surface area contributed by atoms with Crippen molar-refractivity contribution in [3.05, 3.63) is 80.7 Å². The summed E-state index contributed by atoms with van der Waals surface area (Å²) in [4.78, 5) is 16.4. The van der Waals surface area contributed by atoms with Gasteiger partial charge in [-0.3, -0.25) is 4.79 Å². The number of aromatic nitrogens is 1. The Balaban J connectivity index is 1.80. The summed E-state index contributed by atoms with van der Waals surface area (Å²) in [5.41, 5.74) is 8.28. The van der Waals surface area contributed by atoms with Crippen LogP contribution in [0.3, 0.4) is 0 Å². The van der Waals surface area contributed by atoms with Gasteiger partial charge in [-0.05, 0) is 49.1 Å². The van der Waals surface area contributed by atoms with Crippen molar-refractivity contribution in [2.75, 3.05) is 0 Å². The molecule has 3 aromatic rings. The third-order valence-corrected chi connectivity index (χ3v) is 5.61. The van der Waals surface area contributed by atoms with Crippen molar-refractivity contribution >= 4 is 23.2 Å². The molecular weight excluding hydrogens is 350 g/mol. The summed E-state index contributed by atoms with van der Waals surface area (Å²) in [6, 6.07) is 12.9. The largest absolute Gasteiger partial charge is 0.295 e. The van der Waals surface area contributed by atoms with Crippen LogP contribution in [-0.4, -0.2) is 10.8 Å². The van der Waals surface area contributed by atoms with Gasteiger partial charge in [-0.15, -0.1) is 11.3 Å². The van der Waals surface area contributed by atoms with Crippen LogP contribution in [-0.2, 0) is 11.2 Å². The SMILES string of the molecule is CCC(=O)/C=C/c1cc(C)c(Cc2nc(-c3ccc(C)cc3)cs2)cc1C. The molecule has 1 heterocycles. The van der Waals surface area contributed by atoms with Crippen LogP contribution in [0.15, 0.2) is 47.9 Å². The monoisotopic (exact) mass is 375 g/mol. The molecule has 2 aromatic carbocycles. The Morgan fingerprint density at radius 2 is 1.81 bits per heavy atom. The van der Waals surface area contributed by atoms with Crippen LogP contribution in [0.4, 0.5) is 0 Å². The lowest BCUT2D eigenvalue weighted by Crippen LogP contribution is -1.95. The first-order chi connectivity index (χ1) is 13.0. The van der Waals surface area contributed by atoms with Crippen molar-refractivity contribution < 1.29 is 4.79 Å². The second-order valence-electron chi connectivity index (χ2n) is 6.96. The molecule has 0 saturated heterocycles. The van der Waals surface area contributed by atoms with Crippen molar-refractivity contribution in [2.45, 2.75) is 40.5 Å². The summed E-state index contributed by atoms with van der Waals surface area (Å²) >= 11 is 1.71. The third-order valence-electron chi connectivity index (χ3n) is 4.76. The Morgan fingerprint density at radius 1 is 1.07 bits per heavy atom. The Bertz CT molecular complexity index is 980. The predicted molar refractivity (Wildman–Crippen MR) is 115 cm³/mol. The van der Waals surface area contributed by atoms with E-state index in [1.54, 1.807) is 17.4 Å². The second-order valence-corrected chi connectivity index (χ2v) is 7.90. The molecule has 3 rings (SSSR count). The van der Waals surface area contributed by atoms with Crippen molar-refractivity contribution in [1.82, 2.24) is 4.98 Å². The van der Waals surface area contributed by atoms with Gasteiger partial charge < -0.3 is 0 Å². The van der Waals surface area contributed by atoms with Crippen molar-refractivity contribution in [1.29, 1.82) is 0 Å². The minimum atomic E-state index is 0.155. The summed E-state index contributed by atoms with van der Waals surface area (Å²) in [6.07, 6.45) is 4.98. The molecule has 0 N–H and O–H groups in total. The van der Waals surface area contributed by atoms with E-state index < -0.39 is 0 Å². The third kappa shape index (κ3) is 4.81. The van der Waals surface area contributed by atoms with E-state index >= 15 is 0 Å². The number of aryl methyl sites for hydroxylation is 3. The highest BCUT2D eigenvalue weighted by atomic mass is 32.1. The molecule has 2 nitrogen and oxygen atoms in total. The zero-order valence-electron chi connectivity index (χ0n) is 16.4. The molecular formula is C24H25NOS. The Kier molecular flexibility index (Phi) is 6.02. The van der Waals surface area contributed by atoms with Gasteiger partial charge in [0, 0.05) is 23.8 Å². The highest BCUT2D eigenvalue weighted by Crippen LogP contribution is 2.26. The van der Waals surface area contributed by atoms with Crippen LogP contribution in [0.25, 0.3) is 17.3 Å². The van der Waals surface area contributed by atoms with E-state index in [2.05, 4.69) is 62.5 Å². The minimum Gasteiger partial charge on any atom is -0.295 e. The number of rotatable bonds is 6. The highest BCUT2D eigenvalue weighted by Gasteiger charge is 2.09. The summed E-state index contributed by atoms with van der Waals surface area (Å²) in [5, 5.41) is 3.26. The van der Waals surface area contributed by atoms with Gasteiger partial charge in [0.2, 0.25) is 0 Å². The maximum absolute atomic E-state index is 11.5. The van der Waals surface area contributed by atoms with Gasteiger partial charge in [0.15, 0.2) is 5.78 Å². The van der Waals surface area contributed by atoms with Crippen LogP contribution in [0, 0.1) is 20.8 Å². The lowest BCUT2D eigenvalue weighted by Gasteiger charge is -2.09. The fourth-order valence-electron chi connectivity index (χ4n) is 2.98. The molecule has 0 spiro atoms. The first-order valence-corrected chi connectivity index (χ1v) is 10.2. The molecule has 0 atom stereocenters. The molecule has 138 valence electrons. The highest BCUT2D eigenvalue weighted by molar-refractivity contribution is 7.10. The average Bonchev–Trinajstić information content (AvgIpc) is 3.12. The maximum atomic E-state index is 11.5. The smallest absolute Gasteiger partial charge is 0.155 e. The fraction of sp³-hybridized carbons (Fsp3) is 0.250. The summed E-state index contributed by atoms with van der Waals surface area (Å²) in [7, 11) is 0. The lowest BCUT2D eigenvalue weighted by atomic mass is 9.97. The quantitative estimate of drug-likeness (QED) is 0.472. The molecule has 0 saturated carbocycles. The van der Waals surface area contributed by atoms with Gasteiger partial charge in [0.1, 0.15) is 0 Å². The molecule has 0 amide bonds. The number of allylic oxidation sites excluding steroid dienone is 1. The number of thiazole rings is 1. The fourth-order valence-corrected chi connectivity index (χ4v) is 3.81. The topological polar surface area (TPSA) is 30.0 Å². The van der Waals surface area contributed by atoms with E-state index in [9.17, 15) is 4.79 Å². The number of carbonyl (C=O) groups excluding carboxylic acids is 1. The van der Waals surface area contributed by atoms with Crippen molar-refractivity contribution in [2.24, 2.45) is 0 Å². The minimum absolute atomic E-state index is 0.155. The number of nitrogens with zero attached hydrogens (tertiary/aromatic N) is 1. The van der Waals surface area contributed by atoms with E-state index in [1.165, 1.54) is 22.3 Å². The molecule has 1 aromatic heterocycles. The first-order valence-electron chi connectivity index (χ1n) is 9.28. The van der Waals surface area contributed by atoms with Crippen LogP contribution < -0.4 is 0 Å². The standard InChI is InChI=1S/C24H25NOS/c1-5-22(26)11-10-20-12-18(4)21(13-17(20)3)14-24-25-23(15-27-24)19-8-6-16(2)7-9-19/h6-13,15H,5,14H2,1-4H3/b11-10+. The molecule has 0 aliphatic heterocycles. The molecule has 0 aliphatic carbocycles. The molecule has 0 unspecified atom stereocenters. The molecule has 0 aliphatic rings. The van der Waals surface area contributed by atoms with E-state index in [-0.39, 0.29) is 5.78 Å². The molecule has 0 radical (unpaired) electrons. The van der Waals surface area contributed by atoms with E-state index in [0.29, 0.717) is 6.42 Å². The number of benzene rings is 2. The van der Waals surface area contributed by atoms with Crippen molar-refractivity contribution in [3.8, 4) is 11.3 Å². The zero-order chi connectivity index (χ0) is 19.4. The molecule has 0 bridgehead atoms. The van der Waals surface area contributed by atoms with Gasteiger partial charge in [-0.25, -0.2) is 4.98 Å². The predicted octanol–water partition coefficient (Wildman–Crippen LogP) is 6.32. The lowest BCUT2D eigenvalue weighted by molar-refractivity contribution is -0.114. The molecule has 27 heavy (non-hydrogen) atoms. The Labute approximate surface area is 165 Å². The normalized spacial score (nSPS) is 11.3. The zero-order valence-corrected chi connectivity index (χ0v) is 17.2. The second kappa shape index (κ2) is 8.45. The summed E-state index contributed by atoms with van der Waals surface area (Å²) < 4.78 is 0. The maximum Gasteiger partial charge on any atom is 0.155 e. The first kappa shape index (κ1) is 19.2. The number of ketones is 1. The Morgan fingerprint density at radius 3 is 2.52 bits per heavy atom. The van der Waals surface area contributed by atoms with Crippen LogP contribution in [0.1, 0.15) is 46.2 Å². The average molecular weight is 376 g/mol. The number of hydrogen-bond donors (Lipinski definition) is 0. The van der Waals surface area contributed by atoms with Crippen LogP contribution in [0.5, 0.6) is 0 Å².